The van der Waals surface area contributed by atoms with Crippen LogP contribution in [0, 0.1) is 11.6 Å². The Balaban J connectivity index is 1.87. The first-order valence-electron chi connectivity index (χ1n) is 10.7. The first kappa shape index (κ1) is 24.3. The van der Waals surface area contributed by atoms with Crippen LogP contribution in [-0.2, 0) is 16.0 Å². The van der Waals surface area contributed by atoms with Crippen LogP contribution in [-0.4, -0.2) is 16.9 Å². The van der Waals surface area contributed by atoms with E-state index in [1.807, 2.05) is 0 Å². The fraction of sp³-hybridized carbons (Fsp3) is 0.652. The highest BCUT2D eigenvalue weighted by molar-refractivity contribution is 5.80. The average molecular weight is 397 g/mol. The van der Waals surface area contributed by atoms with E-state index in [0.29, 0.717) is 12.0 Å². The Hall–Kier alpha value is -1.78. The molecule has 0 amide bonds. The van der Waals surface area contributed by atoms with Gasteiger partial charge in [0.1, 0.15) is 5.78 Å². The van der Waals surface area contributed by atoms with Crippen LogP contribution in [0.25, 0.3) is 0 Å². The average Bonchev–Trinajstić information content (AvgIpc) is 2.64. The van der Waals surface area contributed by atoms with Gasteiger partial charge in [-0.1, -0.05) is 70.3 Å². The van der Waals surface area contributed by atoms with Crippen LogP contribution in [0.2, 0.25) is 0 Å². The van der Waals surface area contributed by atoms with Crippen LogP contribution in [0.3, 0.4) is 0 Å². The second-order valence-corrected chi connectivity index (χ2v) is 7.60. The molecule has 0 bridgehead atoms. The summed E-state index contributed by atoms with van der Waals surface area (Å²) >= 11 is 0. The lowest BCUT2D eigenvalue weighted by atomic mass is 10.0. The van der Waals surface area contributed by atoms with E-state index in [2.05, 4.69) is 0 Å². The fourth-order valence-corrected chi connectivity index (χ4v) is 3.33. The van der Waals surface area contributed by atoms with Crippen LogP contribution < -0.4 is 0 Å². The highest BCUT2D eigenvalue weighted by Crippen LogP contribution is 2.14. The standard InChI is InChI=1S/C23H34F2O3/c24-21-16-15-19(18-22(21)25)17-20(26)13-11-9-7-5-3-1-2-4-6-8-10-12-14-23(27)28/h15-16,18H,1-14,17H2,(H,27,28). The molecule has 0 spiro atoms. The van der Waals surface area contributed by atoms with Gasteiger partial charge in [0.15, 0.2) is 11.6 Å². The molecule has 28 heavy (non-hydrogen) atoms. The smallest absolute Gasteiger partial charge is 0.303 e. The molecular formula is C23H34F2O3. The number of ketones is 1. The number of carbonyl (C=O) groups is 2. The second kappa shape index (κ2) is 15.2. The van der Waals surface area contributed by atoms with Gasteiger partial charge in [-0.05, 0) is 30.5 Å². The normalized spacial score (nSPS) is 10.9. The summed E-state index contributed by atoms with van der Waals surface area (Å²) in [5.41, 5.74) is 0.533. The third-order valence-electron chi connectivity index (χ3n) is 4.98. The SMILES string of the molecule is O=C(O)CCCCCCCCCCCCCCC(=O)Cc1ccc(F)c(F)c1. The molecule has 0 radical (unpaired) electrons. The minimum Gasteiger partial charge on any atom is -0.481 e. The van der Waals surface area contributed by atoms with Crippen molar-refractivity contribution in [3.63, 3.8) is 0 Å². The summed E-state index contributed by atoms with van der Waals surface area (Å²) in [5.74, 6) is -2.41. The third kappa shape index (κ3) is 12.6. The summed E-state index contributed by atoms with van der Waals surface area (Å²) in [6, 6.07) is 3.63. The number of hydrogen-bond donors (Lipinski definition) is 1. The largest absolute Gasteiger partial charge is 0.481 e. The zero-order chi connectivity index (χ0) is 20.6. The minimum absolute atomic E-state index is 0.0781. The summed E-state index contributed by atoms with van der Waals surface area (Å²) in [4.78, 5) is 22.3. The summed E-state index contributed by atoms with van der Waals surface area (Å²) in [6.45, 7) is 0. The molecule has 158 valence electrons. The van der Waals surface area contributed by atoms with E-state index in [-0.39, 0.29) is 18.6 Å². The molecule has 0 aliphatic carbocycles. The molecule has 0 aliphatic rings. The predicted molar refractivity (Wildman–Crippen MR) is 107 cm³/mol. The van der Waals surface area contributed by atoms with Crippen molar-refractivity contribution < 1.29 is 23.5 Å². The van der Waals surface area contributed by atoms with Gasteiger partial charge in [-0.2, -0.15) is 0 Å². The topological polar surface area (TPSA) is 54.4 Å². The van der Waals surface area contributed by atoms with Gasteiger partial charge < -0.3 is 5.11 Å². The molecule has 0 unspecified atom stereocenters. The molecular weight excluding hydrogens is 362 g/mol. The van der Waals surface area contributed by atoms with Crippen LogP contribution >= 0.6 is 0 Å². The molecule has 0 aliphatic heterocycles. The monoisotopic (exact) mass is 396 g/mol. The van der Waals surface area contributed by atoms with Crippen molar-refractivity contribution in [2.24, 2.45) is 0 Å². The maximum absolute atomic E-state index is 13.1. The molecule has 1 rings (SSSR count). The zero-order valence-electron chi connectivity index (χ0n) is 16.9. The van der Waals surface area contributed by atoms with Crippen LogP contribution in [0.15, 0.2) is 18.2 Å². The van der Waals surface area contributed by atoms with Crippen molar-refractivity contribution in [2.45, 2.75) is 96.3 Å². The number of Topliss-reactive ketones (excluding diaryl/α,β-unsaturated/α-hetero) is 1. The van der Waals surface area contributed by atoms with Gasteiger partial charge in [-0.3, -0.25) is 9.59 Å². The van der Waals surface area contributed by atoms with Crippen molar-refractivity contribution in [2.75, 3.05) is 0 Å². The van der Waals surface area contributed by atoms with Gasteiger partial charge in [0.25, 0.3) is 0 Å². The third-order valence-corrected chi connectivity index (χ3v) is 4.98. The summed E-state index contributed by atoms with van der Waals surface area (Å²) in [7, 11) is 0. The van der Waals surface area contributed by atoms with E-state index in [1.165, 1.54) is 44.6 Å². The van der Waals surface area contributed by atoms with E-state index in [4.69, 9.17) is 5.11 Å². The minimum atomic E-state index is -0.900. The quantitative estimate of drug-likeness (QED) is 0.301. The molecule has 0 saturated carbocycles. The number of carboxylic acids is 1. The van der Waals surface area contributed by atoms with E-state index >= 15 is 0 Å². The maximum Gasteiger partial charge on any atom is 0.303 e. The number of rotatable bonds is 17. The van der Waals surface area contributed by atoms with E-state index in [1.54, 1.807) is 0 Å². The predicted octanol–water partition coefficient (Wildman–Crippen LogP) is 6.62. The molecule has 1 aromatic carbocycles. The number of unbranched alkanes of at least 4 members (excludes halogenated alkanes) is 11. The van der Waals surface area contributed by atoms with Crippen molar-refractivity contribution in [1.29, 1.82) is 0 Å². The van der Waals surface area contributed by atoms with Gasteiger partial charge in [-0.25, -0.2) is 8.78 Å². The van der Waals surface area contributed by atoms with Crippen molar-refractivity contribution in [3.05, 3.63) is 35.4 Å². The number of halogens is 2. The zero-order valence-corrected chi connectivity index (χ0v) is 16.9. The Morgan fingerprint density at radius 2 is 1.14 bits per heavy atom. The van der Waals surface area contributed by atoms with Gasteiger partial charge in [0.2, 0.25) is 0 Å². The Morgan fingerprint density at radius 1 is 0.679 bits per heavy atom. The Morgan fingerprint density at radius 3 is 1.61 bits per heavy atom. The first-order valence-corrected chi connectivity index (χ1v) is 10.7. The fourth-order valence-electron chi connectivity index (χ4n) is 3.33. The molecule has 0 aromatic heterocycles. The lowest BCUT2D eigenvalue weighted by molar-refractivity contribution is -0.137. The second-order valence-electron chi connectivity index (χ2n) is 7.60. The van der Waals surface area contributed by atoms with E-state index in [9.17, 15) is 18.4 Å². The lowest BCUT2D eigenvalue weighted by Gasteiger charge is -2.04. The van der Waals surface area contributed by atoms with Gasteiger partial charge >= 0.3 is 5.97 Å². The number of aliphatic carboxylic acids is 1. The molecule has 1 N–H and O–H groups in total. The number of benzene rings is 1. The van der Waals surface area contributed by atoms with Crippen LogP contribution in [0.5, 0.6) is 0 Å². The first-order chi connectivity index (χ1) is 13.5. The van der Waals surface area contributed by atoms with Gasteiger partial charge in [-0.15, -0.1) is 0 Å². The highest BCUT2D eigenvalue weighted by Gasteiger charge is 2.07. The van der Waals surface area contributed by atoms with Crippen molar-refractivity contribution in [1.82, 2.24) is 0 Å². The summed E-state index contributed by atoms with van der Waals surface area (Å²) in [6.07, 6.45) is 14.2. The molecule has 0 saturated heterocycles. The maximum atomic E-state index is 13.1. The molecule has 3 nitrogen and oxygen atoms in total. The van der Waals surface area contributed by atoms with Crippen LogP contribution in [0.1, 0.15) is 95.5 Å². The van der Waals surface area contributed by atoms with Crippen LogP contribution in [0.4, 0.5) is 8.78 Å². The Labute approximate surface area is 167 Å². The lowest BCUT2D eigenvalue weighted by Crippen LogP contribution is -2.03. The highest BCUT2D eigenvalue weighted by atomic mass is 19.2. The number of carbonyl (C=O) groups excluding carboxylic acids is 1. The van der Waals surface area contributed by atoms with Gasteiger partial charge in [0, 0.05) is 19.3 Å². The van der Waals surface area contributed by atoms with Crippen molar-refractivity contribution in [3.8, 4) is 0 Å². The summed E-state index contributed by atoms with van der Waals surface area (Å²) in [5, 5.41) is 8.55. The Kier molecular flexibility index (Phi) is 13.2. The molecule has 1 aromatic rings. The number of hydrogen-bond acceptors (Lipinski definition) is 2. The molecule has 5 heteroatoms. The van der Waals surface area contributed by atoms with Crippen molar-refractivity contribution >= 4 is 11.8 Å². The molecule has 0 fully saturated rings. The Bertz CT molecular complexity index is 587. The van der Waals surface area contributed by atoms with Gasteiger partial charge in [0.05, 0.1) is 0 Å². The molecule has 0 atom stereocenters. The number of carboxylic acid groups (broad SMARTS) is 1. The molecule has 0 heterocycles. The summed E-state index contributed by atoms with van der Waals surface area (Å²) < 4.78 is 26.0. The van der Waals surface area contributed by atoms with E-state index in [0.717, 1.165) is 50.7 Å². The van der Waals surface area contributed by atoms with E-state index < -0.39 is 17.6 Å².